The fourth-order valence-electron chi connectivity index (χ4n) is 4.68. The Kier molecular flexibility index (Phi) is 8.68. The normalized spacial score (nSPS) is 11.6. The van der Waals surface area contributed by atoms with E-state index in [0.29, 0.717) is 27.5 Å². The summed E-state index contributed by atoms with van der Waals surface area (Å²) in [5.74, 6) is 0.0265. The quantitative estimate of drug-likeness (QED) is 0.231. The number of para-hydroxylation sites is 1. The number of rotatable bonds is 10. The summed E-state index contributed by atoms with van der Waals surface area (Å²) in [7, 11) is 5.50. The van der Waals surface area contributed by atoms with Gasteiger partial charge in [-0.2, -0.15) is 0 Å². The molecule has 214 valence electrons. The van der Waals surface area contributed by atoms with Gasteiger partial charge in [0.2, 0.25) is 5.91 Å². The number of carbonyl (C=O) groups is 2. The molecule has 0 fully saturated rings. The van der Waals surface area contributed by atoms with E-state index in [1.54, 1.807) is 41.0 Å². The first kappa shape index (κ1) is 28.6. The van der Waals surface area contributed by atoms with Crippen molar-refractivity contribution in [3.63, 3.8) is 0 Å². The van der Waals surface area contributed by atoms with E-state index in [1.165, 1.54) is 0 Å². The minimum Gasteiger partial charge on any atom is -0.497 e. The second-order valence-electron chi connectivity index (χ2n) is 9.99. The third kappa shape index (κ3) is 6.53. The van der Waals surface area contributed by atoms with Crippen LogP contribution in [0.15, 0.2) is 97.1 Å². The molecule has 0 spiro atoms. The van der Waals surface area contributed by atoms with Gasteiger partial charge in [-0.3, -0.25) is 9.59 Å². The molecule has 0 aliphatic carbocycles. The SMILES string of the molecule is COc1ccc(CN(C(=O)Cn2nnc3ccccc32)[C@H](C(=O)Nc2ccc(N(C)C)cc2)c2ccc(Cl)cc2)cc1. The molecule has 0 saturated heterocycles. The topological polar surface area (TPSA) is 92.6 Å². The lowest BCUT2D eigenvalue weighted by Crippen LogP contribution is -2.42. The molecule has 1 aromatic heterocycles. The molecule has 4 aromatic carbocycles. The van der Waals surface area contributed by atoms with Crippen LogP contribution in [0.5, 0.6) is 5.75 Å². The second kappa shape index (κ2) is 12.7. The summed E-state index contributed by atoms with van der Waals surface area (Å²) in [6.45, 7) is 0.0569. The Morgan fingerprint density at radius 3 is 2.29 bits per heavy atom. The molecule has 5 rings (SSSR count). The highest BCUT2D eigenvalue weighted by Crippen LogP contribution is 2.28. The maximum absolute atomic E-state index is 14.1. The van der Waals surface area contributed by atoms with Crippen LogP contribution in [0.25, 0.3) is 11.0 Å². The van der Waals surface area contributed by atoms with Crippen LogP contribution in [-0.4, -0.2) is 52.9 Å². The van der Waals surface area contributed by atoms with Gasteiger partial charge >= 0.3 is 0 Å². The molecule has 10 heteroatoms. The molecule has 0 radical (unpaired) electrons. The summed E-state index contributed by atoms with van der Waals surface area (Å²) in [5.41, 5.74) is 4.47. The predicted molar refractivity (Wildman–Crippen MR) is 165 cm³/mol. The molecule has 5 aromatic rings. The summed E-state index contributed by atoms with van der Waals surface area (Å²) in [6.07, 6.45) is 0. The monoisotopic (exact) mass is 582 g/mol. The predicted octanol–water partition coefficient (Wildman–Crippen LogP) is 5.57. The third-order valence-corrected chi connectivity index (χ3v) is 7.19. The van der Waals surface area contributed by atoms with Gasteiger partial charge in [-0.25, -0.2) is 4.68 Å². The fraction of sp³-hybridized carbons (Fsp3) is 0.188. The van der Waals surface area contributed by atoms with Crippen molar-refractivity contribution in [2.24, 2.45) is 0 Å². The number of aromatic nitrogens is 3. The van der Waals surface area contributed by atoms with Crippen LogP contribution < -0.4 is 15.0 Å². The number of methoxy groups -OCH3 is 1. The zero-order chi connectivity index (χ0) is 29.6. The summed E-state index contributed by atoms with van der Waals surface area (Å²) in [4.78, 5) is 31.7. The van der Waals surface area contributed by atoms with Crippen molar-refractivity contribution in [1.29, 1.82) is 0 Å². The highest BCUT2D eigenvalue weighted by molar-refractivity contribution is 6.30. The van der Waals surface area contributed by atoms with Crippen molar-refractivity contribution in [3.05, 3.63) is 113 Å². The zero-order valence-corrected chi connectivity index (χ0v) is 24.3. The van der Waals surface area contributed by atoms with Gasteiger partial charge in [-0.1, -0.05) is 53.2 Å². The first-order valence-corrected chi connectivity index (χ1v) is 13.7. The van der Waals surface area contributed by atoms with Gasteiger partial charge in [0.15, 0.2) is 0 Å². The highest BCUT2D eigenvalue weighted by Gasteiger charge is 2.32. The van der Waals surface area contributed by atoms with Crippen molar-refractivity contribution < 1.29 is 14.3 Å². The van der Waals surface area contributed by atoms with Crippen molar-refractivity contribution in [2.45, 2.75) is 19.1 Å². The van der Waals surface area contributed by atoms with Crippen LogP contribution in [0.3, 0.4) is 0 Å². The van der Waals surface area contributed by atoms with E-state index < -0.39 is 6.04 Å². The number of ether oxygens (including phenoxy) is 1. The molecule has 0 bridgehead atoms. The van der Waals surface area contributed by atoms with Crippen LogP contribution in [0.4, 0.5) is 11.4 Å². The maximum atomic E-state index is 14.1. The first-order valence-electron chi connectivity index (χ1n) is 13.4. The van der Waals surface area contributed by atoms with Crippen LogP contribution in [-0.2, 0) is 22.7 Å². The number of nitrogens with zero attached hydrogens (tertiary/aromatic N) is 5. The average molecular weight is 583 g/mol. The van der Waals surface area contributed by atoms with Gasteiger partial charge < -0.3 is 19.9 Å². The number of carbonyl (C=O) groups excluding carboxylic acids is 2. The van der Waals surface area contributed by atoms with Crippen molar-refractivity contribution in [1.82, 2.24) is 19.9 Å². The number of benzene rings is 4. The zero-order valence-electron chi connectivity index (χ0n) is 23.6. The molecule has 42 heavy (non-hydrogen) atoms. The lowest BCUT2D eigenvalue weighted by molar-refractivity contribution is -0.140. The smallest absolute Gasteiger partial charge is 0.251 e. The van der Waals surface area contributed by atoms with Crippen molar-refractivity contribution >= 4 is 45.8 Å². The van der Waals surface area contributed by atoms with Crippen LogP contribution >= 0.6 is 11.6 Å². The van der Waals surface area contributed by atoms with Crippen molar-refractivity contribution in [3.8, 4) is 5.75 Å². The fourth-order valence-corrected chi connectivity index (χ4v) is 4.80. The van der Waals surface area contributed by atoms with Crippen LogP contribution in [0, 0.1) is 0 Å². The Morgan fingerprint density at radius 2 is 1.62 bits per heavy atom. The molecule has 0 aliphatic rings. The first-order chi connectivity index (χ1) is 20.3. The molecular weight excluding hydrogens is 552 g/mol. The lowest BCUT2D eigenvalue weighted by Gasteiger charge is -2.32. The number of hydrogen-bond acceptors (Lipinski definition) is 6. The van der Waals surface area contributed by atoms with E-state index in [1.807, 2.05) is 91.8 Å². The van der Waals surface area contributed by atoms with Gasteiger partial charge in [-0.05, 0) is 71.8 Å². The minimum absolute atomic E-state index is 0.106. The number of fused-ring (bicyclic) bond motifs is 1. The summed E-state index contributed by atoms with van der Waals surface area (Å²) in [6, 6.07) is 28.3. The lowest BCUT2D eigenvalue weighted by atomic mass is 10.0. The molecule has 2 amide bonds. The van der Waals surface area contributed by atoms with E-state index in [4.69, 9.17) is 16.3 Å². The third-order valence-electron chi connectivity index (χ3n) is 6.93. The molecule has 1 N–H and O–H groups in total. The summed E-state index contributed by atoms with van der Waals surface area (Å²) >= 11 is 6.20. The van der Waals surface area contributed by atoms with Gasteiger partial charge in [0.25, 0.3) is 5.91 Å². The van der Waals surface area contributed by atoms with Crippen molar-refractivity contribution in [2.75, 3.05) is 31.4 Å². The number of halogens is 1. The van der Waals surface area contributed by atoms with E-state index in [0.717, 1.165) is 16.8 Å². The van der Waals surface area contributed by atoms with E-state index >= 15 is 0 Å². The van der Waals surface area contributed by atoms with E-state index in [9.17, 15) is 9.59 Å². The van der Waals surface area contributed by atoms with Crippen LogP contribution in [0.1, 0.15) is 17.2 Å². The minimum atomic E-state index is -0.972. The Morgan fingerprint density at radius 1 is 0.929 bits per heavy atom. The van der Waals surface area contributed by atoms with Gasteiger partial charge in [0.1, 0.15) is 23.9 Å². The highest BCUT2D eigenvalue weighted by atomic mass is 35.5. The maximum Gasteiger partial charge on any atom is 0.251 e. The van der Waals surface area contributed by atoms with Gasteiger partial charge in [0, 0.05) is 37.0 Å². The molecule has 1 atom stereocenters. The Labute approximate surface area is 249 Å². The molecule has 9 nitrogen and oxygen atoms in total. The molecule has 0 aliphatic heterocycles. The van der Waals surface area contributed by atoms with Crippen LogP contribution in [0.2, 0.25) is 5.02 Å². The van der Waals surface area contributed by atoms with Gasteiger partial charge in [0.05, 0.1) is 12.6 Å². The molecule has 0 unspecified atom stereocenters. The Bertz CT molecular complexity index is 1670. The largest absolute Gasteiger partial charge is 0.497 e. The van der Waals surface area contributed by atoms with E-state index in [-0.39, 0.29) is 24.9 Å². The summed E-state index contributed by atoms with van der Waals surface area (Å²) in [5, 5.41) is 11.9. The molecular formula is C32H31ClN6O3. The average Bonchev–Trinajstić information content (AvgIpc) is 3.41. The summed E-state index contributed by atoms with van der Waals surface area (Å²) < 4.78 is 6.86. The standard InChI is InChI=1S/C32H31ClN6O3/c1-37(2)26-16-14-25(15-17-26)34-32(41)31(23-10-12-24(33)13-11-23)38(20-22-8-18-27(42-3)19-9-22)30(40)21-39-29-7-5-4-6-28(29)35-36-39/h4-19,31H,20-21H2,1-3H3,(H,34,41)/t31-/m0/s1. The van der Waals surface area contributed by atoms with Gasteiger partial charge in [-0.15, -0.1) is 5.10 Å². The Hall–Kier alpha value is -4.89. The molecule has 1 heterocycles. The number of amides is 2. The molecule has 0 saturated carbocycles. The number of hydrogen-bond donors (Lipinski definition) is 1. The number of anilines is 2. The second-order valence-corrected chi connectivity index (χ2v) is 10.4. The Balaban J connectivity index is 1.53. The number of nitrogens with one attached hydrogen (secondary N) is 1. The van der Waals surface area contributed by atoms with E-state index in [2.05, 4.69) is 15.6 Å².